The van der Waals surface area contributed by atoms with E-state index in [1.807, 2.05) is 6.07 Å². The molecule has 11 heteroatoms. The van der Waals surface area contributed by atoms with Crippen LogP contribution >= 0.6 is 11.6 Å². The topological polar surface area (TPSA) is 121 Å². The molecule has 1 aromatic heterocycles. The molecule has 0 aliphatic rings. The molecule has 0 aliphatic heterocycles. The molecule has 0 saturated carbocycles. The number of amides is 1. The van der Waals surface area contributed by atoms with Gasteiger partial charge in [-0.25, -0.2) is 9.67 Å². The second-order valence-electron chi connectivity index (χ2n) is 6.65. The molecule has 4 aromatic rings. The highest BCUT2D eigenvalue weighted by atomic mass is 35.5. The van der Waals surface area contributed by atoms with E-state index in [2.05, 4.69) is 15.4 Å². The summed E-state index contributed by atoms with van der Waals surface area (Å²) in [7, 11) is 1.40. The van der Waals surface area contributed by atoms with E-state index in [4.69, 9.17) is 21.1 Å². The van der Waals surface area contributed by atoms with Crippen LogP contribution in [0.1, 0.15) is 10.4 Å². The zero-order valence-corrected chi connectivity index (χ0v) is 17.9. The first-order chi connectivity index (χ1) is 16.0. The SMILES string of the molecule is COc1cc(C(=O)Nc2ccccc2-n2cncn2)ccc1Oc1ccc(Cl)cc1[N+](=O)[O-]. The average molecular weight is 466 g/mol. The van der Waals surface area contributed by atoms with Crippen molar-refractivity contribution in [1.82, 2.24) is 14.8 Å². The van der Waals surface area contributed by atoms with Crippen LogP contribution in [0.25, 0.3) is 5.69 Å². The fraction of sp³-hybridized carbons (Fsp3) is 0.0455. The zero-order chi connectivity index (χ0) is 23.4. The minimum atomic E-state index is -0.595. The summed E-state index contributed by atoms with van der Waals surface area (Å²) < 4.78 is 12.6. The number of nitrogens with one attached hydrogen (secondary N) is 1. The number of para-hydroxylation sites is 2. The number of aromatic nitrogens is 3. The number of anilines is 1. The lowest BCUT2D eigenvalue weighted by Gasteiger charge is -2.13. The van der Waals surface area contributed by atoms with Gasteiger partial charge in [-0.05, 0) is 42.5 Å². The Bertz CT molecular complexity index is 1330. The van der Waals surface area contributed by atoms with Gasteiger partial charge in [0.2, 0.25) is 5.75 Å². The highest BCUT2D eigenvalue weighted by Crippen LogP contribution is 2.38. The smallest absolute Gasteiger partial charge is 0.313 e. The second-order valence-corrected chi connectivity index (χ2v) is 7.08. The molecule has 3 aromatic carbocycles. The van der Waals surface area contributed by atoms with Gasteiger partial charge < -0.3 is 14.8 Å². The maximum atomic E-state index is 12.9. The molecule has 10 nitrogen and oxygen atoms in total. The number of nitro groups is 1. The van der Waals surface area contributed by atoms with Crippen molar-refractivity contribution in [3.8, 4) is 22.9 Å². The van der Waals surface area contributed by atoms with E-state index < -0.39 is 10.8 Å². The molecule has 1 N–H and O–H groups in total. The van der Waals surface area contributed by atoms with Crippen LogP contribution in [-0.2, 0) is 0 Å². The van der Waals surface area contributed by atoms with E-state index in [9.17, 15) is 14.9 Å². The number of nitro benzene ring substituents is 1. The Morgan fingerprint density at radius 2 is 1.88 bits per heavy atom. The minimum absolute atomic E-state index is 0.0124. The van der Waals surface area contributed by atoms with Gasteiger partial charge in [0.25, 0.3) is 5.91 Å². The van der Waals surface area contributed by atoms with Gasteiger partial charge in [0.05, 0.1) is 23.4 Å². The van der Waals surface area contributed by atoms with E-state index >= 15 is 0 Å². The van der Waals surface area contributed by atoms with Gasteiger partial charge in [-0.15, -0.1) is 0 Å². The molecule has 0 radical (unpaired) electrons. The largest absolute Gasteiger partial charge is 0.493 e. The number of nitrogens with zero attached hydrogens (tertiary/aromatic N) is 4. The van der Waals surface area contributed by atoms with Crippen molar-refractivity contribution in [3.05, 3.63) is 94.0 Å². The molecule has 4 rings (SSSR count). The summed E-state index contributed by atoms with van der Waals surface area (Å²) in [5.74, 6) is 0.00509. The number of hydrogen-bond donors (Lipinski definition) is 1. The van der Waals surface area contributed by atoms with Crippen LogP contribution in [0.5, 0.6) is 17.2 Å². The molecular formula is C22H16ClN5O5. The van der Waals surface area contributed by atoms with E-state index in [1.54, 1.807) is 18.2 Å². The number of rotatable bonds is 7. The van der Waals surface area contributed by atoms with Gasteiger partial charge in [0.1, 0.15) is 12.7 Å². The number of benzene rings is 3. The molecule has 33 heavy (non-hydrogen) atoms. The molecule has 1 amide bonds. The van der Waals surface area contributed by atoms with Crippen LogP contribution in [0.3, 0.4) is 0 Å². The van der Waals surface area contributed by atoms with E-state index in [0.29, 0.717) is 11.4 Å². The first-order valence-electron chi connectivity index (χ1n) is 9.51. The molecule has 0 aliphatic carbocycles. The fourth-order valence-corrected chi connectivity index (χ4v) is 3.20. The van der Waals surface area contributed by atoms with Crippen LogP contribution in [0, 0.1) is 10.1 Å². The van der Waals surface area contributed by atoms with Gasteiger partial charge in [-0.3, -0.25) is 14.9 Å². The van der Waals surface area contributed by atoms with Crippen LogP contribution in [0.4, 0.5) is 11.4 Å². The standard InChI is InChI=1S/C22H16ClN5O5/c1-32-21-10-14(6-8-20(21)33-19-9-7-15(23)11-18(19)28(30)31)22(29)26-16-4-2-3-5-17(16)27-13-24-12-25-27/h2-13H,1H3,(H,26,29). The molecule has 0 fully saturated rings. The van der Waals surface area contributed by atoms with Crippen LogP contribution in [-0.4, -0.2) is 32.7 Å². The Morgan fingerprint density at radius 3 is 2.61 bits per heavy atom. The summed E-state index contributed by atoms with van der Waals surface area (Å²) in [5, 5.41) is 18.5. The number of carbonyl (C=O) groups excluding carboxylic acids is 1. The second kappa shape index (κ2) is 9.37. The van der Waals surface area contributed by atoms with Crippen molar-refractivity contribution in [2.75, 3.05) is 12.4 Å². The lowest BCUT2D eigenvalue weighted by Crippen LogP contribution is -2.14. The normalized spacial score (nSPS) is 10.5. The Labute approximate surface area is 192 Å². The first kappa shape index (κ1) is 21.8. The first-order valence-corrected chi connectivity index (χ1v) is 9.89. The predicted octanol–water partition coefficient (Wildman–Crippen LogP) is 4.88. The molecule has 166 valence electrons. The summed E-state index contributed by atoms with van der Waals surface area (Å²) in [6, 6.07) is 15.7. The number of methoxy groups -OCH3 is 1. The quantitative estimate of drug-likeness (QED) is 0.305. The third-order valence-electron chi connectivity index (χ3n) is 4.58. The molecule has 0 atom stereocenters. The van der Waals surface area contributed by atoms with Crippen molar-refractivity contribution < 1.29 is 19.2 Å². The van der Waals surface area contributed by atoms with Crippen LogP contribution in [0.15, 0.2) is 73.3 Å². The Balaban J connectivity index is 1.59. The molecular weight excluding hydrogens is 450 g/mol. The molecule has 0 saturated heterocycles. The maximum absolute atomic E-state index is 12.9. The van der Waals surface area contributed by atoms with Crippen molar-refractivity contribution in [3.63, 3.8) is 0 Å². The number of carbonyl (C=O) groups is 1. The lowest BCUT2D eigenvalue weighted by molar-refractivity contribution is -0.385. The van der Waals surface area contributed by atoms with E-state index in [-0.39, 0.29) is 33.5 Å². The van der Waals surface area contributed by atoms with Gasteiger partial charge in [-0.2, -0.15) is 5.10 Å². The van der Waals surface area contributed by atoms with Gasteiger partial charge in [-0.1, -0.05) is 23.7 Å². The van der Waals surface area contributed by atoms with Gasteiger partial charge >= 0.3 is 5.69 Å². The molecule has 0 unspecified atom stereocenters. The molecule has 1 heterocycles. The summed E-state index contributed by atoms with van der Waals surface area (Å²) in [6.07, 6.45) is 2.92. The third kappa shape index (κ3) is 4.75. The Kier molecular flexibility index (Phi) is 6.18. The molecule has 0 bridgehead atoms. The van der Waals surface area contributed by atoms with Crippen LogP contribution in [0.2, 0.25) is 5.02 Å². The highest BCUT2D eigenvalue weighted by Gasteiger charge is 2.19. The monoisotopic (exact) mass is 465 g/mol. The summed E-state index contributed by atoms with van der Waals surface area (Å²) in [6.45, 7) is 0. The average Bonchev–Trinajstić information content (AvgIpc) is 3.35. The van der Waals surface area contributed by atoms with Crippen molar-refractivity contribution >= 4 is 28.9 Å². The zero-order valence-electron chi connectivity index (χ0n) is 17.1. The minimum Gasteiger partial charge on any atom is -0.493 e. The number of hydrogen-bond acceptors (Lipinski definition) is 7. The Hall–Kier alpha value is -4.44. The maximum Gasteiger partial charge on any atom is 0.313 e. The van der Waals surface area contributed by atoms with Gasteiger partial charge in [0, 0.05) is 16.7 Å². The summed E-state index contributed by atoms with van der Waals surface area (Å²) >= 11 is 5.85. The summed E-state index contributed by atoms with van der Waals surface area (Å²) in [5.41, 5.74) is 1.17. The van der Waals surface area contributed by atoms with Gasteiger partial charge in [0.15, 0.2) is 11.5 Å². The molecule has 0 spiro atoms. The van der Waals surface area contributed by atoms with Crippen molar-refractivity contribution in [2.24, 2.45) is 0 Å². The predicted molar refractivity (Wildman–Crippen MR) is 120 cm³/mol. The van der Waals surface area contributed by atoms with Crippen LogP contribution < -0.4 is 14.8 Å². The lowest BCUT2D eigenvalue weighted by atomic mass is 10.1. The summed E-state index contributed by atoms with van der Waals surface area (Å²) in [4.78, 5) is 27.5. The highest BCUT2D eigenvalue weighted by molar-refractivity contribution is 6.30. The number of halogens is 1. The Morgan fingerprint density at radius 1 is 1.09 bits per heavy atom. The van der Waals surface area contributed by atoms with Crippen molar-refractivity contribution in [2.45, 2.75) is 0 Å². The van der Waals surface area contributed by atoms with E-state index in [0.717, 1.165) is 0 Å². The fourth-order valence-electron chi connectivity index (χ4n) is 3.04. The van der Waals surface area contributed by atoms with Crippen molar-refractivity contribution in [1.29, 1.82) is 0 Å². The van der Waals surface area contributed by atoms with E-state index in [1.165, 1.54) is 60.8 Å². The third-order valence-corrected chi connectivity index (χ3v) is 4.82. The number of ether oxygens (including phenoxy) is 2.